The molecule has 0 aliphatic rings. The van der Waals surface area contributed by atoms with E-state index in [0.717, 1.165) is 0 Å². The molecule has 44 valence electrons. The SMILES string of the molecule is Cl.O[Si](O)(O)O.[Pb]. The fraction of sp³-hybridized carbons (Fsp3) is 0. The van der Waals surface area contributed by atoms with Crippen molar-refractivity contribution in [1.82, 2.24) is 0 Å². The van der Waals surface area contributed by atoms with Crippen LogP contribution in [0.5, 0.6) is 0 Å². The molecule has 0 aromatic rings. The Kier molecular flexibility index (Phi) is 12.2. The molecule has 0 atom stereocenters. The van der Waals surface area contributed by atoms with Gasteiger partial charge in [-0.2, -0.15) is 0 Å². The molecule has 0 fully saturated rings. The molecule has 0 aliphatic heterocycles. The quantitative estimate of drug-likeness (QED) is 0.366. The van der Waals surface area contributed by atoms with Crippen LogP contribution in [0.3, 0.4) is 0 Å². The normalized spacial score (nSPS) is 8.57. The molecule has 0 rings (SSSR count). The molecule has 0 spiro atoms. The summed E-state index contributed by atoms with van der Waals surface area (Å²) in [5.41, 5.74) is 0. The van der Waals surface area contributed by atoms with Gasteiger partial charge in [0.15, 0.2) is 0 Å². The molecule has 4 N–H and O–H groups in total. The fourth-order valence-electron chi connectivity index (χ4n) is 0. The van der Waals surface area contributed by atoms with Gasteiger partial charge in [-0.25, -0.2) is 0 Å². The number of hydrogen-bond acceptors (Lipinski definition) is 4. The van der Waals surface area contributed by atoms with Crippen LogP contribution >= 0.6 is 12.4 Å². The molecule has 0 aromatic carbocycles. The van der Waals surface area contributed by atoms with E-state index in [1.165, 1.54) is 0 Å². The molecule has 0 unspecified atom stereocenters. The summed E-state index contributed by atoms with van der Waals surface area (Å²) < 4.78 is 0. The monoisotopic (exact) mass is 340 g/mol. The molecule has 7 heteroatoms. The first-order valence-corrected chi connectivity index (χ1v) is 2.68. The Labute approximate surface area is 67.9 Å². The predicted octanol–water partition coefficient (Wildman–Crippen LogP) is -2.57. The second-order valence-electron chi connectivity index (χ2n) is 0.600. The van der Waals surface area contributed by atoms with E-state index >= 15 is 0 Å². The Hall–Kier alpha value is 1.27. The Balaban J connectivity index is -0.0000000800. The van der Waals surface area contributed by atoms with Crippen LogP contribution in [0.4, 0.5) is 0 Å². The Morgan fingerprint density at radius 2 is 0.857 bits per heavy atom. The van der Waals surface area contributed by atoms with Crippen molar-refractivity contribution in [2.75, 3.05) is 0 Å². The zero-order valence-corrected chi connectivity index (χ0v) is 8.90. The third kappa shape index (κ3) is 125. The van der Waals surface area contributed by atoms with Gasteiger partial charge in [0.05, 0.1) is 0 Å². The van der Waals surface area contributed by atoms with E-state index in [4.69, 9.17) is 19.2 Å². The van der Waals surface area contributed by atoms with Crippen LogP contribution in [-0.4, -0.2) is 55.5 Å². The van der Waals surface area contributed by atoms with Gasteiger partial charge >= 0.3 is 9.05 Å². The maximum Gasteiger partial charge on any atom is 0.668 e. The van der Waals surface area contributed by atoms with Crippen molar-refractivity contribution < 1.29 is 19.2 Å². The van der Waals surface area contributed by atoms with Gasteiger partial charge in [-0.1, -0.05) is 0 Å². The van der Waals surface area contributed by atoms with Crippen molar-refractivity contribution in [3.05, 3.63) is 0 Å². The van der Waals surface area contributed by atoms with Crippen LogP contribution in [0.2, 0.25) is 0 Å². The summed E-state index contributed by atoms with van der Waals surface area (Å²) in [6.07, 6.45) is 0. The molecule has 0 aromatic heterocycles. The molecule has 0 saturated carbocycles. The molecule has 0 heterocycles. The second-order valence-corrected chi connectivity index (χ2v) is 1.80. The van der Waals surface area contributed by atoms with Crippen molar-refractivity contribution in [1.29, 1.82) is 0 Å². The summed E-state index contributed by atoms with van der Waals surface area (Å²) in [5, 5.41) is 0. The van der Waals surface area contributed by atoms with E-state index < -0.39 is 9.05 Å². The van der Waals surface area contributed by atoms with Gasteiger partial charge in [-0.05, 0) is 0 Å². The topological polar surface area (TPSA) is 80.9 Å². The largest absolute Gasteiger partial charge is 0.668 e. The summed E-state index contributed by atoms with van der Waals surface area (Å²) in [6.45, 7) is 0. The van der Waals surface area contributed by atoms with Crippen LogP contribution < -0.4 is 0 Å². The fourth-order valence-corrected chi connectivity index (χ4v) is 0. The maximum atomic E-state index is 7.33. The summed E-state index contributed by atoms with van der Waals surface area (Å²) in [6, 6.07) is 0. The van der Waals surface area contributed by atoms with Gasteiger partial charge < -0.3 is 19.2 Å². The van der Waals surface area contributed by atoms with Gasteiger partial charge in [-0.3, -0.25) is 0 Å². The molecule has 0 aliphatic carbocycles. The van der Waals surface area contributed by atoms with Crippen LogP contribution in [-0.2, 0) is 0 Å². The predicted molar refractivity (Wildman–Crippen MR) is 27.6 cm³/mol. The first-order chi connectivity index (χ1) is 2.00. The molecule has 0 saturated heterocycles. The van der Waals surface area contributed by atoms with Crippen LogP contribution in [0, 0.1) is 0 Å². The van der Waals surface area contributed by atoms with Crippen molar-refractivity contribution in [2.24, 2.45) is 0 Å². The molecule has 0 amide bonds. The number of rotatable bonds is 0. The minimum atomic E-state index is -4.61. The zero-order chi connectivity index (χ0) is 4.50. The minimum absolute atomic E-state index is 0. The van der Waals surface area contributed by atoms with E-state index in [1.54, 1.807) is 0 Å². The summed E-state index contributed by atoms with van der Waals surface area (Å²) >= 11 is 0. The van der Waals surface area contributed by atoms with Crippen LogP contribution in [0.1, 0.15) is 0 Å². The van der Waals surface area contributed by atoms with Crippen molar-refractivity contribution in [2.45, 2.75) is 0 Å². The summed E-state index contributed by atoms with van der Waals surface area (Å²) in [5.74, 6) is 0. The third-order valence-corrected chi connectivity index (χ3v) is 0. The van der Waals surface area contributed by atoms with Gasteiger partial charge in [0.2, 0.25) is 0 Å². The molecular weight excluding hydrogens is 335 g/mol. The minimum Gasteiger partial charge on any atom is -0.368 e. The van der Waals surface area contributed by atoms with E-state index in [9.17, 15) is 0 Å². The standard InChI is InChI=1S/ClH.H4O4Si.Pb/c;1-5(2,3)4;/h1H;1-4H;. The van der Waals surface area contributed by atoms with Gasteiger partial charge in [0.25, 0.3) is 0 Å². The molecule has 4 radical (unpaired) electrons. The van der Waals surface area contributed by atoms with Crippen molar-refractivity contribution >= 4 is 48.8 Å². The van der Waals surface area contributed by atoms with Crippen LogP contribution in [0.15, 0.2) is 0 Å². The van der Waals surface area contributed by atoms with Gasteiger partial charge in [-0.15, -0.1) is 12.4 Å². The zero-order valence-electron chi connectivity index (χ0n) is 3.20. The average molecular weight is 340 g/mol. The molecule has 0 bridgehead atoms. The van der Waals surface area contributed by atoms with Crippen molar-refractivity contribution in [3.63, 3.8) is 0 Å². The number of hydrogen-bond donors (Lipinski definition) is 4. The molecular formula is H5ClO4PbSi. The van der Waals surface area contributed by atoms with Gasteiger partial charge in [0.1, 0.15) is 0 Å². The van der Waals surface area contributed by atoms with Gasteiger partial charge in [0, 0.05) is 27.3 Å². The summed E-state index contributed by atoms with van der Waals surface area (Å²) in [4.78, 5) is 29.3. The van der Waals surface area contributed by atoms with Crippen LogP contribution in [0.25, 0.3) is 0 Å². The van der Waals surface area contributed by atoms with E-state index in [2.05, 4.69) is 0 Å². The molecule has 4 nitrogen and oxygen atoms in total. The van der Waals surface area contributed by atoms with E-state index in [0.29, 0.717) is 0 Å². The van der Waals surface area contributed by atoms with E-state index in [-0.39, 0.29) is 39.7 Å². The Morgan fingerprint density at radius 1 is 0.857 bits per heavy atom. The molecule has 7 heavy (non-hydrogen) atoms. The number of halogens is 1. The first-order valence-electron chi connectivity index (χ1n) is 0.894. The smallest absolute Gasteiger partial charge is 0.368 e. The maximum absolute atomic E-state index is 7.33. The van der Waals surface area contributed by atoms with E-state index in [1.807, 2.05) is 0 Å². The summed E-state index contributed by atoms with van der Waals surface area (Å²) in [7, 11) is -4.61. The van der Waals surface area contributed by atoms with Crippen molar-refractivity contribution in [3.8, 4) is 0 Å². The Bertz CT molecular complexity index is 27.2. The Morgan fingerprint density at radius 3 is 0.857 bits per heavy atom. The third-order valence-electron chi connectivity index (χ3n) is 0. The first kappa shape index (κ1) is 15.7. The second kappa shape index (κ2) is 5.41. The average Bonchev–Trinajstić information content (AvgIpc) is 0.722.